The zero-order valence-corrected chi connectivity index (χ0v) is 18.9. The molecule has 0 unspecified atom stereocenters. The molecule has 0 saturated carbocycles. The van der Waals surface area contributed by atoms with E-state index in [4.69, 9.17) is 4.74 Å². The summed E-state index contributed by atoms with van der Waals surface area (Å²) in [5, 5.41) is 6.75. The van der Waals surface area contributed by atoms with Crippen molar-refractivity contribution >= 4 is 39.8 Å². The minimum Gasteiger partial charge on any atom is -0.378 e. The third-order valence-electron chi connectivity index (χ3n) is 3.92. The Labute approximate surface area is 170 Å². The Hall–Kier alpha value is -0.130. The molecule has 0 spiro atoms. The number of nitrogens with zero attached hydrogens (tertiary/aromatic N) is 2. The molecule has 0 aromatic carbocycles. The number of likely N-dealkylation sites (tertiary alicyclic amines) is 1. The first-order valence-electron chi connectivity index (χ1n) is 8.97. The van der Waals surface area contributed by atoms with Gasteiger partial charge < -0.3 is 20.3 Å². The van der Waals surface area contributed by atoms with Gasteiger partial charge >= 0.3 is 0 Å². The number of aliphatic imine (C=N–C) groups is 1. The molecule has 0 bridgehead atoms. The summed E-state index contributed by atoms with van der Waals surface area (Å²) in [4.78, 5) is 7.02. The van der Waals surface area contributed by atoms with Crippen molar-refractivity contribution in [2.24, 2.45) is 4.99 Å². The van der Waals surface area contributed by atoms with Crippen molar-refractivity contribution in [3.8, 4) is 0 Å². The van der Waals surface area contributed by atoms with Crippen LogP contribution in [0.2, 0.25) is 0 Å². The van der Waals surface area contributed by atoms with Crippen LogP contribution in [0.5, 0.6) is 0 Å². The van der Waals surface area contributed by atoms with E-state index in [2.05, 4.69) is 27.4 Å². The van der Waals surface area contributed by atoms with Gasteiger partial charge in [-0.1, -0.05) is 6.92 Å². The molecular weight excluding hydrogens is 455 g/mol. The third kappa shape index (κ3) is 12.8. The number of hydrogen-bond acceptors (Lipinski definition) is 5. The van der Waals surface area contributed by atoms with Crippen LogP contribution in [-0.4, -0.2) is 83.3 Å². The van der Waals surface area contributed by atoms with Crippen LogP contribution in [0, 0.1) is 0 Å². The number of piperidine rings is 1. The normalized spacial score (nSPS) is 17.2. The highest BCUT2D eigenvalue weighted by Gasteiger charge is 2.19. The van der Waals surface area contributed by atoms with Gasteiger partial charge in [-0.05, 0) is 32.7 Å². The van der Waals surface area contributed by atoms with Crippen molar-refractivity contribution in [1.82, 2.24) is 15.5 Å². The molecule has 25 heavy (non-hydrogen) atoms. The van der Waals surface area contributed by atoms with Gasteiger partial charge in [0.1, 0.15) is 9.84 Å². The lowest BCUT2D eigenvalue weighted by Crippen LogP contribution is -2.48. The van der Waals surface area contributed by atoms with Gasteiger partial charge in [0, 0.05) is 31.9 Å². The molecule has 0 atom stereocenters. The van der Waals surface area contributed by atoms with Gasteiger partial charge in [-0.25, -0.2) is 8.42 Å². The number of hydrogen-bond donors (Lipinski definition) is 2. The fraction of sp³-hybridized carbons (Fsp3) is 0.938. The third-order valence-corrected chi connectivity index (χ3v) is 4.82. The van der Waals surface area contributed by atoms with E-state index in [0.717, 1.165) is 38.4 Å². The second-order valence-corrected chi connectivity index (χ2v) is 8.52. The Bertz CT molecular complexity index is 466. The summed E-state index contributed by atoms with van der Waals surface area (Å²) in [6.07, 6.45) is 4.69. The topological polar surface area (TPSA) is 83.0 Å². The molecule has 0 aliphatic carbocycles. The number of ether oxygens (including phenoxy) is 1. The van der Waals surface area contributed by atoms with Gasteiger partial charge in [0.25, 0.3) is 0 Å². The van der Waals surface area contributed by atoms with Crippen LogP contribution in [0.4, 0.5) is 0 Å². The van der Waals surface area contributed by atoms with E-state index in [9.17, 15) is 8.42 Å². The predicted molar refractivity (Wildman–Crippen MR) is 115 cm³/mol. The SMILES string of the molecule is CCCN1CCC(NC(=NCCOCCS(C)(=O)=O)NCC)CC1.I. The van der Waals surface area contributed by atoms with Gasteiger partial charge in [-0.15, -0.1) is 24.0 Å². The van der Waals surface area contributed by atoms with Crippen LogP contribution in [0.1, 0.15) is 33.1 Å². The lowest BCUT2D eigenvalue weighted by atomic mass is 10.1. The minimum absolute atomic E-state index is 0. The molecular formula is C16H35IN4O3S. The quantitative estimate of drug-likeness (QED) is 0.207. The lowest BCUT2D eigenvalue weighted by Gasteiger charge is -2.32. The van der Waals surface area contributed by atoms with Crippen LogP contribution < -0.4 is 10.6 Å². The zero-order valence-electron chi connectivity index (χ0n) is 15.8. The summed E-state index contributed by atoms with van der Waals surface area (Å²) in [5.41, 5.74) is 0. The Morgan fingerprint density at radius 3 is 2.48 bits per heavy atom. The maximum Gasteiger partial charge on any atom is 0.191 e. The lowest BCUT2D eigenvalue weighted by molar-refractivity contribution is 0.157. The molecule has 9 heteroatoms. The second kappa shape index (κ2) is 14.0. The summed E-state index contributed by atoms with van der Waals surface area (Å²) in [6, 6.07) is 0.460. The van der Waals surface area contributed by atoms with Crippen LogP contribution in [0.25, 0.3) is 0 Å². The van der Waals surface area contributed by atoms with E-state index in [1.807, 2.05) is 6.92 Å². The minimum atomic E-state index is -2.95. The average Bonchev–Trinajstić information content (AvgIpc) is 2.52. The van der Waals surface area contributed by atoms with Crippen molar-refractivity contribution in [2.75, 3.05) is 57.9 Å². The van der Waals surface area contributed by atoms with Crippen molar-refractivity contribution in [1.29, 1.82) is 0 Å². The van der Waals surface area contributed by atoms with Crippen molar-refractivity contribution in [3.05, 3.63) is 0 Å². The van der Waals surface area contributed by atoms with E-state index in [0.29, 0.717) is 19.2 Å². The molecule has 1 fully saturated rings. The van der Waals surface area contributed by atoms with Crippen molar-refractivity contribution in [2.45, 2.75) is 39.2 Å². The van der Waals surface area contributed by atoms with E-state index < -0.39 is 9.84 Å². The molecule has 1 heterocycles. The Morgan fingerprint density at radius 2 is 1.92 bits per heavy atom. The standard InChI is InChI=1S/C16H34N4O3S.HI/c1-4-9-20-10-6-15(7-11-20)19-16(17-5-2)18-8-12-23-13-14-24(3,21)22;/h15H,4-14H2,1-3H3,(H2,17,18,19);1H. The molecule has 1 aliphatic heterocycles. The van der Waals surface area contributed by atoms with Crippen LogP contribution in [-0.2, 0) is 14.6 Å². The summed E-state index contributed by atoms with van der Waals surface area (Å²) < 4.78 is 27.3. The molecule has 1 aliphatic rings. The van der Waals surface area contributed by atoms with E-state index in [-0.39, 0.29) is 36.3 Å². The summed E-state index contributed by atoms with van der Waals surface area (Å²) in [5.74, 6) is 0.879. The molecule has 0 aromatic heterocycles. The van der Waals surface area contributed by atoms with Crippen LogP contribution in [0.3, 0.4) is 0 Å². The first kappa shape index (κ1) is 24.9. The van der Waals surface area contributed by atoms with Gasteiger partial charge in [0.2, 0.25) is 0 Å². The monoisotopic (exact) mass is 490 g/mol. The molecule has 7 nitrogen and oxygen atoms in total. The van der Waals surface area contributed by atoms with Gasteiger partial charge in [-0.2, -0.15) is 0 Å². The van der Waals surface area contributed by atoms with Crippen molar-refractivity contribution < 1.29 is 13.2 Å². The maximum atomic E-state index is 11.0. The number of guanidine groups is 1. The predicted octanol–water partition coefficient (Wildman–Crippen LogP) is 1.10. The number of nitrogens with one attached hydrogen (secondary N) is 2. The highest BCUT2D eigenvalue weighted by Crippen LogP contribution is 2.10. The fourth-order valence-corrected chi connectivity index (χ4v) is 3.09. The summed E-state index contributed by atoms with van der Waals surface area (Å²) in [6.45, 7) is 9.73. The molecule has 0 aromatic rings. The van der Waals surface area contributed by atoms with Crippen molar-refractivity contribution in [3.63, 3.8) is 0 Å². The Morgan fingerprint density at radius 1 is 1.24 bits per heavy atom. The number of sulfone groups is 1. The molecule has 2 N–H and O–H groups in total. The van der Waals surface area contributed by atoms with Gasteiger partial charge in [0.15, 0.2) is 5.96 Å². The van der Waals surface area contributed by atoms with Crippen LogP contribution in [0.15, 0.2) is 4.99 Å². The van der Waals surface area contributed by atoms with E-state index >= 15 is 0 Å². The smallest absolute Gasteiger partial charge is 0.191 e. The zero-order chi connectivity index (χ0) is 17.8. The number of rotatable bonds is 10. The molecule has 1 saturated heterocycles. The first-order valence-corrected chi connectivity index (χ1v) is 11.0. The van der Waals surface area contributed by atoms with Crippen LogP contribution >= 0.6 is 24.0 Å². The van der Waals surface area contributed by atoms with E-state index in [1.54, 1.807) is 0 Å². The average molecular weight is 490 g/mol. The maximum absolute atomic E-state index is 11.0. The largest absolute Gasteiger partial charge is 0.378 e. The molecule has 150 valence electrons. The molecule has 0 amide bonds. The van der Waals surface area contributed by atoms with E-state index in [1.165, 1.54) is 19.2 Å². The van der Waals surface area contributed by atoms with Gasteiger partial charge in [-0.3, -0.25) is 4.99 Å². The summed E-state index contributed by atoms with van der Waals surface area (Å²) >= 11 is 0. The fourth-order valence-electron chi connectivity index (χ4n) is 2.66. The van der Waals surface area contributed by atoms with Gasteiger partial charge in [0.05, 0.1) is 25.5 Å². The highest BCUT2D eigenvalue weighted by atomic mass is 127. The summed E-state index contributed by atoms with van der Waals surface area (Å²) in [7, 11) is -2.95. The first-order chi connectivity index (χ1) is 11.4. The molecule has 0 radical (unpaired) electrons. The Balaban J connectivity index is 0.00000576. The highest BCUT2D eigenvalue weighted by molar-refractivity contribution is 14.0. The molecule has 1 rings (SSSR count). The second-order valence-electron chi connectivity index (χ2n) is 6.26. The Kier molecular flexibility index (Phi) is 13.9. The number of halogens is 1.